The van der Waals surface area contributed by atoms with Crippen LogP contribution < -0.4 is 5.32 Å². The van der Waals surface area contributed by atoms with Gasteiger partial charge in [-0.1, -0.05) is 35.0 Å². The fraction of sp³-hybridized carbons (Fsp3) is 0.600. The fourth-order valence-corrected chi connectivity index (χ4v) is 2.96. The predicted molar refractivity (Wildman–Crippen MR) is 80.8 cm³/mol. The van der Waals surface area contributed by atoms with Gasteiger partial charge in [0.15, 0.2) is 0 Å². The molecule has 1 unspecified atom stereocenters. The highest BCUT2D eigenvalue weighted by atomic mass is 79.9. The van der Waals surface area contributed by atoms with Crippen LogP contribution in [0.25, 0.3) is 0 Å². The number of hydrogen-bond donors (Lipinski definition) is 1. The molecule has 100 valence electrons. The van der Waals surface area contributed by atoms with Crippen molar-refractivity contribution in [2.45, 2.75) is 26.8 Å². The molecule has 0 aliphatic carbocycles. The minimum Gasteiger partial charge on any atom is -0.312 e. The van der Waals surface area contributed by atoms with Gasteiger partial charge >= 0.3 is 0 Å². The second-order valence-corrected chi connectivity index (χ2v) is 6.12. The number of nitrogens with one attached hydrogen (secondary N) is 1. The monoisotopic (exact) mass is 310 g/mol. The van der Waals surface area contributed by atoms with Gasteiger partial charge in [0.25, 0.3) is 0 Å². The molecule has 1 aliphatic rings. The van der Waals surface area contributed by atoms with E-state index >= 15 is 0 Å². The van der Waals surface area contributed by atoms with Crippen LogP contribution in [0.1, 0.15) is 24.5 Å². The molecule has 0 spiro atoms. The first-order chi connectivity index (χ1) is 8.69. The van der Waals surface area contributed by atoms with E-state index < -0.39 is 0 Å². The molecule has 1 aromatic rings. The van der Waals surface area contributed by atoms with Gasteiger partial charge in [-0.25, -0.2) is 0 Å². The van der Waals surface area contributed by atoms with Gasteiger partial charge in [0.2, 0.25) is 0 Å². The molecule has 3 heteroatoms. The third-order valence-corrected chi connectivity index (χ3v) is 4.67. The van der Waals surface area contributed by atoms with Crippen LogP contribution in [0.2, 0.25) is 0 Å². The number of benzene rings is 1. The standard InChI is InChI=1S/C15H23BrN2/c1-3-18-7-6-14(11-18)10-17-9-13-5-4-12(2)15(16)8-13/h4-5,8,14,17H,3,6-7,9-11H2,1-2H3. The number of halogens is 1. The molecule has 1 N–H and O–H groups in total. The van der Waals surface area contributed by atoms with Crippen molar-refractivity contribution in [3.8, 4) is 0 Å². The molecular weight excluding hydrogens is 288 g/mol. The molecule has 18 heavy (non-hydrogen) atoms. The van der Waals surface area contributed by atoms with E-state index in [1.165, 1.54) is 41.7 Å². The van der Waals surface area contributed by atoms with E-state index in [0.29, 0.717) is 0 Å². The molecule has 2 nitrogen and oxygen atoms in total. The van der Waals surface area contributed by atoms with Gasteiger partial charge in [0, 0.05) is 17.6 Å². The van der Waals surface area contributed by atoms with E-state index in [1.807, 2.05) is 0 Å². The summed E-state index contributed by atoms with van der Waals surface area (Å²) in [6.45, 7) is 10.2. The van der Waals surface area contributed by atoms with E-state index in [9.17, 15) is 0 Å². The quantitative estimate of drug-likeness (QED) is 0.898. The largest absolute Gasteiger partial charge is 0.312 e. The highest BCUT2D eigenvalue weighted by Gasteiger charge is 2.20. The minimum absolute atomic E-state index is 0.832. The van der Waals surface area contributed by atoms with Crippen LogP contribution in [-0.4, -0.2) is 31.1 Å². The lowest BCUT2D eigenvalue weighted by molar-refractivity contribution is 0.339. The Balaban J connectivity index is 1.73. The normalized spacial score (nSPS) is 20.5. The number of rotatable bonds is 5. The third-order valence-electron chi connectivity index (χ3n) is 3.82. The maximum atomic E-state index is 3.59. The maximum Gasteiger partial charge on any atom is 0.0207 e. The Morgan fingerprint density at radius 2 is 2.28 bits per heavy atom. The zero-order valence-electron chi connectivity index (χ0n) is 11.4. The van der Waals surface area contributed by atoms with E-state index in [-0.39, 0.29) is 0 Å². The number of hydrogen-bond acceptors (Lipinski definition) is 2. The zero-order chi connectivity index (χ0) is 13.0. The summed E-state index contributed by atoms with van der Waals surface area (Å²) < 4.78 is 1.21. The van der Waals surface area contributed by atoms with Crippen LogP contribution in [0, 0.1) is 12.8 Å². The van der Waals surface area contributed by atoms with Crippen LogP contribution in [0.3, 0.4) is 0 Å². The van der Waals surface area contributed by atoms with Crippen molar-refractivity contribution in [3.63, 3.8) is 0 Å². The average molecular weight is 311 g/mol. The van der Waals surface area contributed by atoms with Crippen molar-refractivity contribution < 1.29 is 0 Å². The first kappa shape index (κ1) is 14.0. The number of nitrogens with zero attached hydrogens (tertiary/aromatic N) is 1. The van der Waals surface area contributed by atoms with Crippen LogP contribution in [0.4, 0.5) is 0 Å². The Labute approximate surface area is 119 Å². The molecule has 0 bridgehead atoms. The molecule has 0 aromatic heterocycles. The van der Waals surface area contributed by atoms with Gasteiger partial charge in [-0.2, -0.15) is 0 Å². The Hall–Kier alpha value is -0.380. The second kappa shape index (κ2) is 6.69. The van der Waals surface area contributed by atoms with Gasteiger partial charge < -0.3 is 10.2 Å². The molecule has 0 radical (unpaired) electrons. The third kappa shape index (κ3) is 3.81. The first-order valence-corrected chi connectivity index (χ1v) is 7.66. The van der Waals surface area contributed by atoms with Gasteiger partial charge in [-0.3, -0.25) is 0 Å². The highest BCUT2D eigenvalue weighted by molar-refractivity contribution is 9.10. The molecule has 0 amide bonds. The summed E-state index contributed by atoms with van der Waals surface area (Å²) in [5, 5.41) is 3.59. The lowest BCUT2D eigenvalue weighted by Crippen LogP contribution is -2.26. The minimum atomic E-state index is 0.832. The summed E-state index contributed by atoms with van der Waals surface area (Å²) in [4.78, 5) is 2.54. The van der Waals surface area contributed by atoms with E-state index in [0.717, 1.165) is 19.0 Å². The maximum absolute atomic E-state index is 3.59. The smallest absolute Gasteiger partial charge is 0.0207 e. The Morgan fingerprint density at radius 3 is 2.94 bits per heavy atom. The molecule has 1 saturated heterocycles. The van der Waals surface area contributed by atoms with E-state index in [1.54, 1.807) is 0 Å². The molecule has 0 saturated carbocycles. The average Bonchev–Trinajstić information content (AvgIpc) is 2.82. The fourth-order valence-electron chi connectivity index (χ4n) is 2.53. The van der Waals surface area contributed by atoms with Gasteiger partial charge in [-0.15, -0.1) is 0 Å². The van der Waals surface area contributed by atoms with Crippen LogP contribution in [0.15, 0.2) is 22.7 Å². The SMILES string of the molecule is CCN1CCC(CNCc2ccc(C)c(Br)c2)C1. The summed E-state index contributed by atoms with van der Waals surface area (Å²) in [5.41, 5.74) is 2.66. The van der Waals surface area contributed by atoms with Crippen molar-refractivity contribution in [2.24, 2.45) is 5.92 Å². The van der Waals surface area contributed by atoms with E-state index in [4.69, 9.17) is 0 Å². The summed E-state index contributed by atoms with van der Waals surface area (Å²) >= 11 is 3.59. The zero-order valence-corrected chi connectivity index (χ0v) is 13.0. The molecule has 1 aliphatic heterocycles. The van der Waals surface area contributed by atoms with Gasteiger partial charge in [-0.05, 0) is 56.1 Å². The molecule has 1 fully saturated rings. The predicted octanol–water partition coefficient (Wildman–Crippen LogP) is 3.19. The summed E-state index contributed by atoms with van der Waals surface area (Å²) in [5.74, 6) is 0.832. The van der Waals surface area contributed by atoms with Crippen molar-refractivity contribution in [1.82, 2.24) is 10.2 Å². The molecule has 1 heterocycles. The summed E-state index contributed by atoms with van der Waals surface area (Å²) in [7, 11) is 0. The van der Waals surface area contributed by atoms with Gasteiger partial charge in [0.1, 0.15) is 0 Å². The van der Waals surface area contributed by atoms with E-state index in [2.05, 4.69) is 58.2 Å². The van der Waals surface area contributed by atoms with Crippen molar-refractivity contribution in [2.75, 3.05) is 26.2 Å². The molecule has 1 aromatic carbocycles. The first-order valence-electron chi connectivity index (χ1n) is 6.87. The lowest BCUT2D eigenvalue weighted by atomic mass is 10.1. The van der Waals surface area contributed by atoms with Crippen LogP contribution >= 0.6 is 15.9 Å². The van der Waals surface area contributed by atoms with Crippen molar-refractivity contribution in [1.29, 1.82) is 0 Å². The Kier molecular flexibility index (Phi) is 5.22. The van der Waals surface area contributed by atoms with Crippen LogP contribution in [-0.2, 0) is 6.54 Å². The molecule has 2 rings (SSSR count). The lowest BCUT2D eigenvalue weighted by Gasteiger charge is -2.14. The Morgan fingerprint density at radius 1 is 1.44 bits per heavy atom. The number of aryl methyl sites for hydroxylation is 1. The Bertz CT molecular complexity index is 392. The summed E-state index contributed by atoms with van der Waals surface area (Å²) in [6.07, 6.45) is 1.35. The topological polar surface area (TPSA) is 15.3 Å². The summed E-state index contributed by atoms with van der Waals surface area (Å²) in [6, 6.07) is 6.60. The van der Waals surface area contributed by atoms with Crippen LogP contribution in [0.5, 0.6) is 0 Å². The van der Waals surface area contributed by atoms with Gasteiger partial charge in [0.05, 0.1) is 0 Å². The number of likely N-dealkylation sites (tertiary alicyclic amines) is 1. The molecule has 1 atom stereocenters. The van der Waals surface area contributed by atoms with Crippen molar-refractivity contribution >= 4 is 15.9 Å². The molecular formula is C15H23BrN2. The second-order valence-electron chi connectivity index (χ2n) is 5.26. The highest BCUT2D eigenvalue weighted by Crippen LogP contribution is 2.18. The van der Waals surface area contributed by atoms with Crippen molar-refractivity contribution in [3.05, 3.63) is 33.8 Å².